The number of carbonyl (C=O) groups is 2. The monoisotopic (exact) mass is 568 g/mol. The van der Waals surface area contributed by atoms with Gasteiger partial charge >= 0.3 is 0 Å². The Kier molecular flexibility index (Phi) is 10.4. The highest BCUT2D eigenvalue weighted by Gasteiger charge is 2.28. The summed E-state index contributed by atoms with van der Waals surface area (Å²) < 4.78 is 9.02. The predicted octanol–water partition coefficient (Wildman–Crippen LogP) is 5.91. The Morgan fingerprint density at radius 2 is 1.80 bits per heavy atom. The summed E-state index contributed by atoms with van der Waals surface area (Å²) in [6.07, 6.45) is 0.859. The Bertz CT molecular complexity index is 1390. The van der Waals surface area contributed by atoms with E-state index in [9.17, 15) is 14.4 Å². The number of rotatable bonds is 13. The third kappa shape index (κ3) is 7.64. The second kappa shape index (κ2) is 13.3. The molecule has 0 aliphatic carbocycles. The maximum absolute atomic E-state index is 13.6. The van der Waals surface area contributed by atoms with Gasteiger partial charge in [-0.15, -0.1) is 0 Å². The van der Waals surface area contributed by atoms with Gasteiger partial charge in [-0.3, -0.25) is 19.1 Å². The molecule has 1 N–H and O–H groups in total. The molecule has 216 valence electrons. The van der Waals surface area contributed by atoms with Crippen LogP contribution >= 0.6 is 11.6 Å². The highest BCUT2D eigenvalue weighted by molar-refractivity contribution is 6.31. The van der Waals surface area contributed by atoms with Crippen molar-refractivity contribution < 1.29 is 14.3 Å². The van der Waals surface area contributed by atoms with E-state index < -0.39 is 5.41 Å². The molecule has 9 heteroatoms. The summed E-state index contributed by atoms with van der Waals surface area (Å²) in [4.78, 5) is 42.1. The molecule has 1 unspecified atom stereocenters. The maximum Gasteiger partial charge on any atom is 0.295 e. The van der Waals surface area contributed by atoms with E-state index in [-0.39, 0.29) is 41.7 Å². The number of aromatic nitrogens is 2. The normalized spacial score (nSPS) is 12.4. The average Bonchev–Trinajstić information content (AvgIpc) is 3.12. The van der Waals surface area contributed by atoms with Crippen LogP contribution in [0, 0.1) is 5.41 Å². The molecule has 0 aliphatic rings. The van der Waals surface area contributed by atoms with Gasteiger partial charge in [0.2, 0.25) is 5.91 Å². The fourth-order valence-corrected chi connectivity index (χ4v) is 5.26. The number of hydrogen-bond donors (Lipinski definition) is 1. The van der Waals surface area contributed by atoms with Crippen molar-refractivity contribution in [2.24, 2.45) is 12.5 Å². The minimum Gasteiger partial charge on any atom is -0.493 e. The molecule has 0 saturated carbocycles. The molecule has 2 aromatic carbocycles. The zero-order chi connectivity index (χ0) is 29.6. The number of amides is 1. The summed E-state index contributed by atoms with van der Waals surface area (Å²) in [5.74, 6) is 0.130. The van der Waals surface area contributed by atoms with Crippen LogP contribution in [0.25, 0.3) is 5.69 Å². The van der Waals surface area contributed by atoms with E-state index in [1.54, 1.807) is 22.9 Å². The number of ketones is 1. The topological polar surface area (TPSA) is 85.6 Å². The first-order valence-electron chi connectivity index (χ1n) is 13.6. The van der Waals surface area contributed by atoms with Crippen molar-refractivity contribution in [3.05, 3.63) is 75.2 Å². The number of halogens is 1. The largest absolute Gasteiger partial charge is 0.493 e. The third-order valence-corrected chi connectivity index (χ3v) is 7.13. The van der Waals surface area contributed by atoms with Gasteiger partial charge in [-0.1, -0.05) is 50.6 Å². The van der Waals surface area contributed by atoms with Crippen LogP contribution in [0.1, 0.15) is 68.9 Å². The van der Waals surface area contributed by atoms with Crippen LogP contribution in [0.15, 0.2) is 53.3 Å². The van der Waals surface area contributed by atoms with Crippen molar-refractivity contribution in [2.45, 2.75) is 52.9 Å². The van der Waals surface area contributed by atoms with Crippen LogP contribution in [0.5, 0.6) is 5.75 Å². The number of nitrogens with zero attached hydrogens (tertiary/aromatic N) is 3. The predicted molar refractivity (Wildman–Crippen MR) is 161 cm³/mol. The molecular formula is C31H41ClN4O4. The smallest absolute Gasteiger partial charge is 0.295 e. The minimum atomic E-state index is -0.493. The van der Waals surface area contributed by atoms with Crippen molar-refractivity contribution >= 4 is 29.0 Å². The summed E-state index contributed by atoms with van der Waals surface area (Å²) in [6.45, 7) is 8.94. The van der Waals surface area contributed by atoms with Crippen molar-refractivity contribution in [3.8, 4) is 11.4 Å². The van der Waals surface area contributed by atoms with Crippen molar-refractivity contribution in [3.63, 3.8) is 0 Å². The van der Waals surface area contributed by atoms with Gasteiger partial charge in [0, 0.05) is 37.4 Å². The number of Topliss-reactive ketones (excluding diaryl/α,β-unsaturated/α-hetero) is 1. The zero-order valence-corrected chi connectivity index (χ0v) is 25.3. The molecule has 0 fully saturated rings. The lowest BCUT2D eigenvalue weighted by atomic mass is 9.82. The van der Waals surface area contributed by atoms with E-state index in [1.807, 2.05) is 83.9 Å². The van der Waals surface area contributed by atoms with E-state index >= 15 is 0 Å². The molecule has 3 aromatic rings. The van der Waals surface area contributed by atoms with Gasteiger partial charge < -0.3 is 15.0 Å². The Morgan fingerprint density at radius 1 is 1.12 bits per heavy atom. The summed E-state index contributed by atoms with van der Waals surface area (Å²) in [7, 11) is 5.80. The van der Waals surface area contributed by atoms with E-state index in [2.05, 4.69) is 10.2 Å². The molecule has 0 saturated heterocycles. The van der Waals surface area contributed by atoms with Gasteiger partial charge in [0.1, 0.15) is 11.4 Å². The molecular weight excluding hydrogens is 528 g/mol. The zero-order valence-electron chi connectivity index (χ0n) is 24.6. The van der Waals surface area contributed by atoms with E-state index in [0.717, 1.165) is 11.4 Å². The summed E-state index contributed by atoms with van der Waals surface area (Å²) in [5, 5.41) is 3.41. The fraction of sp³-hybridized carbons (Fsp3) is 0.452. The molecule has 1 amide bonds. The summed E-state index contributed by atoms with van der Waals surface area (Å²) in [5.41, 5.74) is 1.44. The first-order chi connectivity index (χ1) is 18.8. The molecule has 1 atom stereocenters. The Hall–Kier alpha value is -3.36. The molecule has 0 radical (unpaired) electrons. The average molecular weight is 569 g/mol. The van der Waals surface area contributed by atoms with Gasteiger partial charge in [0.05, 0.1) is 23.6 Å². The molecule has 1 heterocycles. The number of benzene rings is 2. The number of anilines is 1. The van der Waals surface area contributed by atoms with Crippen molar-refractivity contribution in [1.29, 1.82) is 0 Å². The van der Waals surface area contributed by atoms with E-state index in [1.165, 1.54) is 0 Å². The minimum absolute atomic E-state index is 0.0178. The lowest BCUT2D eigenvalue weighted by Gasteiger charge is -2.24. The van der Waals surface area contributed by atoms with Crippen LogP contribution in [-0.4, -0.2) is 53.2 Å². The second-order valence-corrected chi connectivity index (χ2v) is 11.7. The number of ether oxygens (including phenoxy) is 1. The van der Waals surface area contributed by atoms with E-state index in [4.69, 9.17) is 16.3 Å². The van der Waals surface area contributed by atoms with Crippen molar-refractivity contribution in [2.75, 3.05) is 32.6 Å². The first kappa shape index (κ1) is 31.2. The lowest BCUT2D eigenvalue weighted by Crippen LogP contribution is -2.27. The Balaban J connectivity index is 1.80. The highest BCUT2D eigenvalue weighted by Crippen LogP contribution is 2.31. The number of carbonyl (C=O) groups excluding carboxylic acids is 2. The lowest BCUT2D eigenvalue weighted by molar-refractivity contribution is -0.118. The fourth-order valence-electron chi connectivity index (χ4n) is 5.09. The van der Waals surface area contributed by atoms with Crippen molar-refractivity contribution in [1.82, 2.24) is 14.3 Å². The molecule has 1 aromatic heterocycles. The molecule has 40 heavy (non-hydrogen) atoms. The maximum atomic E-state index is 13.6. The Morgan fingerprint density at radius 3 is 2.42 bits per heavy atom. The van der Waals surface area contributed by atoms with Crippen LogP contribution in [0.2, 0.25) is 5.02 Å². The van der Waals surface area contributed by atoms with Gasteiger partial charge in [0.25, 0.3) is 5.56 Å². The molecule has 0 aliphatic heterocycles. The molecule has 0 bridgehead atoms. The van der Waals surface area contributed by atoms with Gasteiger partial charge in [-0.25, -0.2) is 4.68 Å². The second-order valence-electron chi connectivity index (χ2n) is 11.3. The third-order valence-electron chi connectivity index (χ3n) is 6.89. The number of para-hydroxylation sites is 1. The van der Waals surface area contributed by atoms with Gasteiger partial charge in [0.15, 0.2) is 5.78 Å². The molecule has 0 spiro atoms. The summed E-state index contributed by atoms with van der Waals surface area (Å²) >= 11 is 6.13. The van der Waals surface area contributed by atoms with Crippen LogP contribution in [-0.2, 0) is 11.8 Å². The number of likely N-dealkylation sites (N-methyl/N-ethyl adjacent to an activating group) is 1. The SMILES string of the molecule is CCOc1ccc(Cl)cc1C(=O)CCC(C)(C)CC(=O)Nc1c(C(C)CN(C)C)n(C)n(-c2ccccc2)c1=O. The van der Waals surface area contributed by atoms with E-state index in [0.29, 0.717) is 35.9 Å². The summed E-state index contributed by atoms with van der Waals surface area (Å²) in [6, 6.07) is 14.4. The van der Waals surface area contributed by atoms with Gasteiger partial charge in [-0.2, -0.15) is 0 Å². The molecule has 3 rings (SSSR count). The quantitative estimate of drug-likeness (QED) is 0.259. The Labute approximate surface area is 241 Å². The number of hydrogen-bond acceptors (Lipinski definition) is 5. The first-order valence-corrected chi connectivity index (χ1v) is 14.0. The van der Waals surface area contributed by atoms with Crippen LogP contribution < -0.4 is 15.6 Å². The molecule has 8 nitrogen and oxygen atoms in total. The van der Waals surface area contributed by atoms with Crippen LogP contribution in [0.3, 0.4) is 0 Å². The standard InChI is InChI=1S/C31H41ClN4O4/c1-8-40-26-15-14-22(32)18-24(26)25(37)16-17-31(3,4)19-27(38)33-28-29(21(2)20-34(5)6)35(7)36(30(28)39)23-12-10-9-11-13-23/h9-15,18,21H,8,16-17,19-20H2,1-7H3,(H,33,38). The van der Waals surface area contributed by atoms with Crippen LogP contribution in [0.4, 0.5) is 5.69 Å². The highest BCUT2D eigenvalue weighted by atomic mass is 35.5. The van der Waals surface area contributed by atoms with Gasteiger partial charge in [-0.05, 0) is 63.2 Å². The number of nitrogens with one attached hydrogen (secondary N) is 1.